The smallest absolute Gasteiger partial charge is 0.231 e. The first-order chi connectivity index (χ1) is 25.3. The molecule has 0 unspecified atom stereocenters. The normalized spacial score (nSPS) is 11.9. The topological polar surface area (TPSA) is 57.0 Å². The first kappa shape index (κ1) is 27.9. The van der Waals surface area contributed by atoms with E-state index in [9.17, 15) is 0 Å². The van der Waals surface area contributed by atoms with Gasteiger partial charge in [-0.15, -0.1) is 0 Å². The van der Waals surface area contributed by atoms with E-state index in [1.165, 1.54) is 10.8 Å². The van der Waals surface area contributed by atoms with E-state index in [4.69, 9.17) is 18.8 Å². The van der Waals surface area contributed by atoms with E-state index in [0.717, 1.165) is 83.0 Å². The molecule has 0 spiro atoms. The standard InChI is InChI=1S/C46H27N3O2/c1-5-22-38-33(16-1)34-17-2-6-23-39(34)49(38)31-15-10-14-30(27-31)45-47-43(42-37-19-4-8-25-41(37)51-46(42)48-45)29-13-9-12-28(26-29)32-20-11-21-36-35-18-3-7-24-40(35)50-44(32)36/h1-27H. The van der Waals surface area contributed by atoms with Crippen LogP contribution in [0.5, 0.6) is 0 Å². The van der Waals surface area contributed by atoms with Crippen LogP contribution in [0.1, 0.15) is 0 Å². The van der Waals surface area contributed by atoms with Crippen molar-refractivity contribution in [1.29, 1.82) is 0 Å². The fourth-order valence-corrected chi connectivity index (χ4v) is 7.75. The van der Waals surface area contributed by atoms with Gasteiger partial charge in [-0.1, -0.05) is 121 Å². The molecule has 0 amide bonds. The Bertz CT molecular complexity index is 3110. The van der Waals surface area contributed by atoms with Gasteiger partial charge in [-0.25, -0.2) is 4.98 Å². The molecule has 0 N–H and O–H groups in total. The molecule has 0 radical (unpaired) electrons. The van der Waals surface area contributed by atoms with Crippen molar-refractivity contribution in [3.63, 3.8) is 0 Å². The third-order valence-corrected chi connectivity index (χ3v) is 10.0. The third-order valence-electron chi connectivity index (χ3n) is 10.0. The fraction of sp³-hybridized carbons (Fsp3) is 0. The number of benzene rings is 7. The number of nitrogens with zero attached hydrogens (tertiary/aromatic N) is 3. The number of hydrogen-bond acceptors (Lipinski definition) is 4. The molecule has 4 heterocycles. The van der Waals surface area contributed by atoms with Gasteiger partial charge in [0.15, 0.2) is 5.82 Å². The minimum atomic E-state index is 0.559. The van der Waals surface area contributed by atoms with Crippen LogP contribution < -0.4 is 0 Å². The van der Waals surface area contributed by atoms with Gasteiger partial charge in [0.2, 0.25) is 5.71 Å². The Hall–Kier alpha value is -6.98. The molecule has 7 aromatic carbocycles. The summed E-state index contributed by atoms with van der Waals surface area (Å²) < 4.78 is 15.2. The molecule has 0 aliphatic heterocycles. The Balaban J connectivity index is 1.12. The van der Waals surface area contributed by atoms with E-state index >= 15 is 0 Å². The van der Waals surface area contributed by atoms with Gasteiger partial charge >= 0.3 is 0 Å². The van der Waals surface area contributed by atoms with E-state index in [1.54, 1.807) is 0 Å². The lowest BCUT2D eigenvalue weighted by Crippen LogP contribution is -1.97. The summed E-state index contributed by atoms with van der Waals surface area (Å²) in [5, 5.41) is 6.53. The van der Waals surface area contributed by atoms with Crippen LogP contribution in [-0.4, -0.2) is 14.5 Å². The zero-order valence-corrected chi connectivity index (χ0v) is 27.2. The highest BCUT2D eigenvalue weighted by Crippen LogP contribution is 2.40. The Morgan fingerprint density at radius 1 is 0.431 bits per heavy atom. The molecule has 0 bridgehead atoms. The molecule has 11 rings (SSSR count). The average molecular weight is 654 g/mol. The Labute approximate surface area is 291 Å². The highest BCUT2D eigenvalue weighted by Gasteiger charge is 2.20. The summed E-state index contributed by atoms with van der Waals surface area (Å²) in [5.41, 5.74) is 11.2. The predicted molar refractivity (Wildman–Crippen MR) is 207 cm³/mol. The van der Waals surface area contributed by atoms with Gasteiger partial charge in [0, 0.05) is 49.3 Å². The van der Waals surface area contributed by atoms with Gasteiger partial charge in [-0.3, -0.25) is 0 Å². The van der Waals surface area contributed by atoms with Crippen molar-refractivity contribution < 1.29 is 8.83 Å². The number of rotatable bonds is 4. The number of hydrogen-bond donors (Lipinski definition) is 0. The number of furan rings is 2. The zero-order valence-electron chi connectivity index (χ0n) is 27.2. The Morgan fingerprint density at radius 3 is 1.84 bits per heavy atom. The van der Waals surface area contributed by atoms with Crippen LogP contribution in [-0.2, 0) is 0 Å². The highest BCUT2D eigenvalue weighted by atomic mass is 16.3. The van der Waals surface area contributed by atoms with E-state index < -0.39 is 0 Å². The molecular weight excluding hydrogens is 627 g/mol. The summed E-state index contributed by atoms with van der Waals surface area (Å²) in [7, 11) is 0. The monoisotopic (exact) mass is 653 g/mol. The summed E-state index contributed by atoms with van der Waals surface area (Å²) in [4.78, 5) is 10.4. The van der Waals surface area contributed by atoms with Crippen LogP contribution >= 0.6 is 0 Å². The minimum absolute atomic E-state index is 0.559. The van der Waals surface area contributed by atoms with Crippen molar-refractivity contribution in [2.24, 2.45) is 0 Å². The van der Waals surface area contributed by atoms with Crippen LogP contribution in [0, 0.1) is 0 Å². The van der Waals surface area contributed by atoms with Crippen LogP contribution in [0.4, 0.5) is 0 Å². The highest BCUT2D eigenvalue weighted by molar-refractivity contribution is 6.12. The molecule has 0 atom stereocenters. The van der Waals surface area contributed by atoms with Crippen molar-refractivity contribution in [3.05, 3.63) is 164 Å². The molecule has 4 aromatic heterocycles. The number of para-hydroxylation sites is 5. The summed E-state index contributed by atoms with van der Waals surface area (Å²) in [5.74, 6) is 0.601. The largest absolute Gasteiger partial charge is 0.455 e. The Kier molecular flexibility index (Phi) is 5.89. The van der Waals surface area contributed by atoms with Crippen molar-refractivity contribution >= 4 is 65.8 Å². The van der Waals surface area contributed by atoms with E-state index in [2.05, 4.69) is 138 Å². The molecule has 0 fully saturated rings. The molecule has 238 valence electrons. The Morgan fingerprint density at radius 2 is 1.04 bits per heavy atom. The summed E-state index contributed by atoms with van der Waals surface area (Å²) in [6, 6.07) is 56.7. The van der Waals surface area contributed by atoms with Crippen LogP contribution in [0.15, 0.2) is 173 Å². The van der Waals surface area contributed by atoms with Crippen molar-refractivity contribution in [2.75, 3.05) is 0 Å². The molecule has 5 nitrogen and oxygen atoms in total. The molecule has 51 heavy (non-hydrogen) atoms. The lowest BCUT2D eigenvalue weighted by molar-refractivity contribution is 0.653. The molecule has 0 aliphatic carbocycles. The van der Waals surface area contributed by atoms with Gasteiger partial charge in [0.05, 0.1) is 22.1 Å². The molecule has 0 saturated carbocycles. The maximum absolute atomic E-state index is 6.43. The number of fused-ring (bicyclic) bond motifs is 9. The molecule has 0 aliphatic rings. The SMILES string of the molecule is c1cc(-c2cccc3c2oc2ccccc23)cc(-c2nc(-c3cccc(-n4c5ccccc5c5ccccc54)c3)nc3oc4ccccc4c23)c1. The van der Waals surface area contributed by atoms with E-state index in [-0.39, 0.29) is 0 Å². The average Bonchev–Trinajstić information content (AvgIpc) is 3.87. The van der Waals surface area contributed by atoms with Crippen molar-refractivity contribution in [2.45, 2.75) is 0 Å². The fourth-order valence-electron chi connectivity index (χ4n) is 7.75. The summed E-state index contributed by atoms with van der Waals surface area (Å²) >= 11 is 0. The van der Waals surface area contributed by atoms with Gasteiger partial charge in [-0.2, -0.15) is 4.98 Å². The zero-order chi connectivity index (χ0) is 33.5. The van der Waals surface area contributed by atoms with Gasteiger partial charge in [0.25, 0.3) is 0 Å². The van der Waals surface area contributed by atoms with Crippen LogP contribution in [0.2, 0.25) is 0 Å². The summed E-state index contributed by atoms with van der Waals surface area (Å²) in [6.45, 7) is 0. The second kappa shape index (κ2) is 10.8. The second-order valence-electron chi connectivity index (χ2n) is 13.0. The van der Waals surface area contributed by atoms with Gasteiger partial charge in [0.1, 0.15) is 16.7 Å². The van der Waals surface area contributed by atoms with Crippen molar-refractivity contribution in [1.82, 2.24) is 14.5 Å². The van der Waals surface area contributed by atoms with Crippen LogP contribution in [0.3, 0.4) is 0 Å². The third kappa shape index (κ3) is 4.22. The van der Waals surface area contributed by atoms with E-state index in [1.807, 2.05) is 30.3 Å². The van der Waals surface area contributed by atoms with E-state index in [0.29, 0.717) is 11.5 Å². The first-order valence-corrected chi connectivity index (χ1v) is 17.1. The second-order valence-corrected chi connectivity index (χ2v) is 13.0. The molecular formula is C46H27N3O2. The molecule has 11 aromatic rings. The lowest BCUT2D eigenvalue weighted by Gasteiger charge is -2.11. The maximum Gasteiger partial charge on any atom is 0.231 e. The minimum Gasteiger partial charge on any atom is -0.455 e. The maximum atomic E-state index is 6.43. The predicted octanol–water partition coefficient (Wildman–Crippen LogP) is 12.4. The van der Waals surface area contributed by atoms with Gasteiger partial charge in [-0.05, 0) is 48.0 Å². The molecule has 5 heteroatoms. The number of aromatic nitrogens is 3. The lowest BCUT2D eigenvalue weighted by atomic mass is 9.98. The summed E-state index contributed by atoms with van der Waals surface area (Å²) in [6.07, 6.45) is 0. The van der Waals surface area contributed by atoms with Gasteiger partial charge < -0.3 is 13.4 Å². The van der Waals surface area contributed by atoms with Crippen LogP contribution in [0.25, 0.3) is 105 Å². The molecule has 0 saturated heterocycles. The first-order valence-electron chi connectivity index (χ1n) is 17.1. The van der Waals surface area contributed by atoms with Crippen molar-refractivity contribution in [3.8, 4) is 39.5 Å². The quantitative estimate of drug-likeness (QED) is 0.190.